The third-order valence-corrected chi connectivity index (χ3v) is 5.56. The predicted molar refractivity (Wildman–Crippen MR) is 86.0 cm³/mol. The third kappa shape index (κ3) is 5.18. The van der Waals surface area contributed by atoms with E-state index >= 15 is 0 Å². The Bertz CT molecular complexity index is 618. The van der Waals surface area contributed by atoms with Crippen molar-refractivity contribution in [2.45, 2.75) is 19.3 Å². The van der Waals surface area contributed by atoms with E-state index in [-0.39, 0.29) is 17.4 Å². The van der Waals surface area contributed by atoms with Gasteiger partial charge >= 0.3 is 0 Å². The Morgan fingerprint density at radius 1 is 1.23 bits per heavy atom. The number of carbonyl (C=O) groups is 1. The van der Waals surface area contributed by atoms with E-state index in [0.717, 1.165) is 0 Å². The average molecular weight is 346 g/mol. The minimum atomic E-state index is -2.98. The van der Waals surface area contributed by atoms with Gasteiger partial charge in [-0.25, -0.2) is 8.42 Å². The van der Waals surface area contributed by atoms with Gasteiger partial charge in [0, 0.05) is 19.5 Å². The molecule has 1 fully saturated rings. The number of amides is 1. The molecule has 0 bridgehead atoms. The molecule has 0 spiro atoms. The number of hydrogen-bond acceptors (Lipinski definition) is 4. The van der Waals surface area contributed by atoms with Gasteiger partial charge in [-0.15, -0.1) is 0 Å². The van der Waals surface area contributed by atoms with Crippen molar-refractivity contribution in [1.29, 1.82) is 0 Å². The standard InChI is InChI=1S/C15H20ClNO4S/c16-13-5-1-2-6-14(13)21-10-3-7-15(18)17-8-4-11-22(19,20)12-9-17/h1-2,5-6H,3-4,7-12H2. The lowest BCUT2D eigenvalue weighted by Crippen LogP contribution is -2.33. The maximum atomic E-state index is 12.1. The molecular weight excluding hydrogens is 326 g/mol. The van der Waals surface area contributed by atoms with E-state index in [2.05, 4.69) is 0 Å². The van der Waals surface area contributed by atoms with Gasteiger partial charge < -0.3 is 9.64 Å². The van der Waals surface area contributed by atoms with Gasteiger partial charge in [-0.1, -0.05) is 23.7 Å². The van der Waals surface area contributed by atoms with Crippen LogP contribution in [0.25, 0.3) is 0 Å². The molecule has 2 rings (SSSR count). The molecule has 0 N–H and O–H groups in total. The van der Waals surface area contributed by atoms with Crippen molar-refractivity contribution in [2.24, 2.45) is 0 Å². The maximum Gasteiger partial charge on any atom is 0.222 e. The molecular formula is C15H20ClNO4S. The fourth-order valence-electron chi connectivity index (χ4n) is 2.31. The van der Waals surface area contributed by atoms with Crippen LogP contribution in [-0.2, 0) is 14.6 Å². The zero-order valence-electron chi connectivity index (χ0n) is 12.3. The molecule has 5 nitrogen and oxygen atoms in total. The van der Waals surface area contributed by atoms with Crippen molar-refractivity contribution in [3.8, 4) is 5.75 Å². The van der Waals surface area contributed by atoms with Crippen molar-refractivity contribution in [3.63, 3.8) is 0 Å². The molecule has 1 heterocycles. The van der Waals surface area contributed by atoms with Gasteiger partial charge in [-0.05, 0) is 25.0 Å². The van der Waals surface area contributed by atoms with E-state index in [1.165, 1.54) is 0 Å². The Labute approximate surface area is 136 Å². The van der Waals surface area contributed by atoms with Crippen molar-refractivity contribution in [2.75, 3.05) is 31.2 Å². The Morgan fingerprint density at radius 3 is 2.77 bits per heavy atom. The highest BCUT2D eigenvalue weighted by molar-refractivity contribution is 7.91. The minimum absolute atomic E-state index is 0.0140. The Kier molecular flexibility index (Phi) is 6.08. The second-order valence-corrected chi connectivity index (χ2v) is 7.98. The molecule has 1 saturated heterocycles. The molecule has 1 aliphatic heterocycles. The summed E-state index contributed by atoms with van der Waals surface area (Å²) in [7, 11) is -2.98. The van der Waals surface area contributed by atoms with Crippen LogP contribution in [0, 0.1) is 0 Å². The first kappa shape index (κ1) is 17.1. The Morgan fingerprint density at radius 2 is 2.00 bits per heavy atom. The van der Waals surface area contributed by atoms with Crippen LogP contribution in [0.15, 0.2) is 24.3 Å². The van der Waals surface area contributed by atoms with Crippen LogP contribution >= 0.6 is 11.6 Å². The molecule has 1 aliphatic rings. The lowest BCUT2D eigenvalue weighted by Gasteiger charge is -2.19. The van der Waals surface area contributed by atoms with Gasteiger partial charge in [0.25, 0.3) is 0 Å². The van der Waals surface area contributed by atoms with E-state index in [9.17, 15) is 13.2 Å². The highest BCUT2D eigenvalue weighted by Crippen LogP contribution is 2.23. The second-order valence-electron chi connectivity index (χ2n) is 5.27. The second kappa shape index (κ2) is 7.83. The van der Waals surface area contributed by atoms with Crippen LogP contribution in [0.3, 0.4) is 0 Å². The van der Waals surface area contributed by atoms with Gasteiger partial charge in [-0.3, -0.25) is 4.79 Å². The van der Waals surface area contributed by atoms with Crippen LogP contribution in [0.1, 0.15) is 19.3 Å². The summed E-state index contributed by atoms with van der Waals surface area (Å²) in [6.07, 6.45) is 1.45. The van der Waals surface area contributed by atoms with Gasteiger partial charge in [0.15, 0.2) is 9.84 Å². The number of rotatable bonds is 5. The third-order valence-electron chi connectivity index (χ3n) is 3.54. The normalized spacial score (nSPS) is 17.8. The molecule has 0 unspecified atom stereocenters. The predicted octanol–water partition coefficient (Wildman–Crippen LogP) is 2.15. The highest BCUT2D eigenvalue weighted by Gasteiger charge is 2.22. The lowest BCUT2D eigenvalue weighted by atomic mass is 10.2. The SMILES string of the molecule is O=C(CCCOc1ccccc1Cl)N1CCCS(=O)(=O)CC1. The summed E-state index contributed by atoms with van der Waals surface area (Å²) in [5.74, 6) is 0.832. The summed E-state index contributed by atoms with van der Waals surface area (Å²) in [6.45, 7) is 1.22. The van der Waals surface area contributed by atoms with E-state index in [4.69, 9.17) is 16.3 Å². The zero-order chi connectivity index (χ0) is 16.0. The van der Waals surface area contributed by atoms with Crippen LogP contribution < -0.4 is 4.74 Å². The molecule has 22 heavy (non-hydrogen) atoms. The van der Waals surface area contributed by atoms with Gasteiger partial charge in [0.05, 0.1) is 23.1 Å². The first-order chi connectivity index (χ1) is 10.5. The van der Waals surface area contributed by atoms with Gasteiger partial charge in [-0.2, -0.15) is 0 Å². The van der Waals surface area contributed by atoms with E-state index < -0.39 is 9.84 Å². The number of nitrogens with zero attached hydrogens (tertiary/aromatic N) is 1. The molecule has 0 radical (unpaired) electrons. The van der Waals surface area contributed by atoms with Crippen molar-refractivity contribution in [1.82, 2.24) is 4.90 Å². The summed E-state index contributed by atoms with van der Waals surface area (Å²) in [6, 6.07) is 7.19. The monoisotopic (exact) mass is 345 g/mol. The number of sulfone groups is 1. The van der Waals surface area contributed by atoms with Crippen LogP contribution in [-0.4, -0.2) is 50.4 Å². The van der Waals surface area contributed by atoms with E-state index in [1.54, 1.807) is 17.0 Å². The quantitative estimate of drug-likeness (QED) is 0.767. The lowest BCUT2D eigenvalue weighted by molar-refractivity contribution is -0.131. The summed E-state index contributed by atoms with van der Waals surface area (Å²) in [5, 5.41) is 0.548. The number of carbonyl (C=O) groups excluding carboxylic acids is 1. The molecule has 1 aromatic rings. The average Bonchev–Trinajstić information content (AvgIpc) is 2.66. The smallest absolute Gasteiger partial charge is 0.222 e. The van der Waals surface area contributed by atoms with Crippen LogP contribution in [0.2, 0.25) is 5.02 Å². The molecule has 0 aromatic heterocycles. The Hall–Kier alpha value is -1.27. The molecule has 7 heteroatoms. The van der Waals surface area contributed by atoms with Crippen LogP contribution in [0.5, 0.6) is 5.75 Å². The first-order valence-corrected chi connectivity index (χ1v) is 9.53. The molecule has 1 aromatic carbocycles. The fourth-order valence-corrected chi connectivity index (χ4v) is 3.78. The number of para-hydroxylation sites is 1. The zero-order valence-corrected chi connectivity index (χ0v) is 13.9. The maximum absolute atomic E-state index is 12.1. The number of halogens is 1. The fraction of sp³-hybridized carbons (Fsp3) is 0.533. The van der Waals surface area contributed by atoms with Gasteiger partial charge in [0.1, 0.15) is 5.75 Å². The van der Waals surface area contributed by atoms with Crippen molar-refractivity contribution in [3.05, 3.63) is 29.3 Å². The summed E-state index contributed by atoms with van der Waals surface area (Å²) >= 11 is 5.98. The van der Waals surface area contributed by atoms with E-state index in [1.807, 2.05) is 12.1 Å². The number of benzene rings is 1. The van der Waals surface area contributed by atoms with Crippen molar-refractivity contribution < 1.29 is 17.9 Å². The Balaban J connectivity index is 1.73. The number of hydrogen-bond donors (Lipinski definition) is 0. The molecule has 0 saturated carbocycles. The molecule has 1 amide bonds. The largest absolute Gasteiger partial charge is 0.492 e. The molecule has 0 aliphatic carbocycles. The summed E-state index contributed by atoms with van der Waals surface area (Å²) in [5.41, 5.74) is 0. The minimum Gasteiger partial charge on any atom is -0.492 e. The molecule has 0 atom stereocenters. The molecule has 122 valence electrons. The van der Waals surface area contributed by atoms with Crippen molar-refractivity contribution >= 4 is 27.3 Å². The van der Waals surface area contributed by atoms with E-state index in [0.29, 0.717) is 49.7 Å². The summed E-state index contributed by atoms with van der Waals surface area (Å²) < 4.78 is 28.6. The topological polar surface area (TPSA) is 63.7 Å². The van der Waals surface area contributed by atoms with Crippen LogP contribution in [0.4, 0.5) is 0 Å². The van der Waals surface area contributed by atoms with Gasteiger partial charge in [0.2, 0.25) is 5.91 Å². The first-order valence-electron chi connectivity index (χ1n) is 7.33. The number of ether oxygens (including phenoxy) is 1. The highest BCUT2D eigenvalue weighted by atomic mass is 35.5. The summed E-state index contributed by atoms with van der Waals surface area (Å²) in [4.78, 5) is 13.7.